The maximum Gasteiger partial charge on any atom is 0.248 e. The number of carbonyl (C=O) groups is 2. The molecule has 2 rings (SSSR count). The molecule has 0 spiro atoms. The van der Waals surface area contributed by atoms with Gasteiger partial charge in [-0.3, -0.25) is 9.59 Å². The summed E-state index contributed by atoms with van der Waals surface area (Å²) in [6, 6.07) is 10.5. The van der Waals surface area contributed by atoms with Crippen LogP contribution in [0, 0.1) is 5.82 Å². The van der Waals surface area contributed by atoms with E-state index < -0.39 is 5.91 Å². The standard InChI is InChI=1S/C16H14ClFN2O2S/c17-14-7-12(18)4-1-11(14)8-23-9-15(21)20-13-5-2-10(3-6-13)16(19)22/h1-7H,8-9H2,(H2,19,22)(H,20,21). The molecular weight excluding hydrogens is 339 g/mol. The van der Waals surface area contributed by atoms with E-state index in [9.17, 15) is 14.0 Å². The quantitative estimate of drug-likeness (QED) is 0.836. The molecule has 0 aliphatic heterocycles. The fourth-order valence-corrected chi connectivity index (χ4v) is 2.95. The van der Waals surface area contributed by atoms with Crippen molar-refractivity contribution in [2.75, 3.05) is 11.1 Å². The van der Waals surface area contributed by atoms with Crippen LogP contribution in [0.15, 0.2) is 42.5 Å². The van der Waals surface area contributed by atoms with Crippen molar-refractivity contribution in [2.45, 2.75) is 5.75 Å². The van der Waals surface area contributed by atoms with Crippen LogP contribution in [-0.2, 0) is 10.5 Å². The lowest BCUT2D eigenvalue weighted by molar-refractivity contribution is -0.113. The molecule has 0 atom stereocenters. The third-order valence-corrected chi connectivity index (χ3v) is 4.29. The summed E-state index contributed by atoms with van der Waals surface area (Å²) in [5, 5.41) is 3.06. The van der Waals surface area contributed by atoms with Crippen LogP contribution in [0.4, 0.5) is 10.1 Å². The number of carbonyl (C=O) groups excluding carboxylic acids is 2. The highest BCUT2D eigenvalue weighted by Crippen LogP contribution is 2.22. The summed E-state index contributed by atoms with van der Waals surface area (Å²) in [6.45, 7) is 0. The predicted octanol–water partition coefficient (Wildman–Crippen LogP) is 3.45. The minimum Gasteiger partial charge on any atom is -0.366 e. The molecular formula is C16H14ClFN2O2S. The minimum absolute atomic E-state index is 0.181. The average molecular weight is 353 g/mol. The van der Waals surface area contributed by atoms with E-state index in [0.29, 0.717) is 22.0 Å². The molecule has 3 N–H and O–H groups in total. The minimum atomic E-state index is -0.519. The predicted molar refractivity (Wildman–Crippen MR) is 91.2 cm³/mol. The van der Waals surface area contributed by atoms with E-state index in [1.54, 1.807) is 30.3 Å². The number of benzene rings is 2. The number of rotatable bonds is 6. The zero-order valence-corrected chi connectivity index (χ0v) is 13.6. The monoisotopic (exact) mass is 352 g/mol. The van der Waals surface area contributed by atoms with Gasteiger partial charge in [0.05, 0.1) is 5.75 Å². The van der Waals surface area contributed by atoms with E-state index in [4.69, 9.17) is 17.3 Å². The Morgan fingerprint density at radius 3 is 2.48 bits per heavy atom. The van der Waals surface area contributed by atoms with E-state index in [1.165, 1.54) is 23.9 Å². The number of nitrogens with one attached hydrogen (secondary N) is 1. The number of halogens is 2. The van der Waals surface area contributed by atoms with Gasteiger partial charge in [-0.2, -0.15) is 0 Å². The Balaban J connectivity index is 1.82. The lowest BCUT2D eigenvalue weighted by Crippen LogP contribution is -2.15. The Kier molecular flexibility index (Phi) is 6.01. The molecule has 0 radical (unpaired) electrons. The summed E-state index contributed by atoms with van der Waals surface area (Å²) < 4.78 is 12.9. The fraction of sp³-hybridized carbons (Fsp3) is 0.125. The van der Waals surface area contributed by atoms with Crippen LogP contribution in [0.2, 0.25) is 5.02 Å². The summed E-state index contributed by atoms with van der Waals surface area (Å²) >= 11 is 7.29. The van der Waals surface area contributed by atoms with Crippen LogP contribution in [0.5, 0.6) is 0 Å². The SMILES string of the molecule is NC(=O)c1ccc(NC(=O)CSCc2ccc(F)cc2Cl)cc1. The molecule has 0 saturated heterocycles. The summed E-state index contributed by atoms with van der Waals surface area (Å²) in [7, 11) is 0. The van der Waals surface area contributed by atoms with E-state index in [1.807, 2.05) is 0 Å². The fourth-order valence-electron chi connectivity index (χ4n) is 1.81. The van der Waals surface area contributed by atoms with Crippen LogP contribution in [0.3, 0.4) is 0 Å². The molecule has 0 heterocycles. The Bertz CT molecular complexity index is 723. The maximum atomic E-state index is 12.9. The molecule has 0 aromatic heterocycles. The Morgan fingerprint density at radius 2 is 1.87 bits per heavy atom. The van der Waals surface area contributed by atoms with Gasteiger partial charge in [0.2, 0.25) is 11.8 Å². The number of hydrogen-bond acceptors (Lipinski definition) is 3. The number of primary amides is 1. The Morgan fingerprint density at radius 1 is 1.17 bits per heavy atom. The molecule has 23 heavy (non-hydrogen) atoms. The number of thioether (sulfide) groups is 1. The van der Waals surface area contributed by atoms with Crippen LogP contribution in [0.1, 0.15) is 15.9 Å². The van der Waals surface area contributed by atoms with E-state index >= 15 is 0 Å². The van der Waals surface area contributed by atoms with Crippen molar-refractivity contribution in [2.24, 2.45) is 5.73 Å². The van der Waals surface area contributed by atoms with Gasteiger partial charge in [0.25, 0.3) is 0 Å². The second-order valence-corrected chi connectivity index (χ2v) is 6.11. The summed E-state index contributed by atoms with van der Waals surface area (Å²) in [6.07, 6.45) is 0. The summed E-state index contributed by atoms with van der Waals surface area (Å²) in [5.41, 5.74) is 6.88. The van der Waals surface area contributed by atoms with Crippen molar-refractivity contribution in [3.05, 3.63) is 64.4 Å². The lowest BCUT2D eigenvalue weighted by Gasteiger charge is -2.07. The Labute approximate surface area is 142 Å². The van der Waals surface area contributed by atoms with Crippen molar-refractivity contribution < 1.29 is 14.0 Å². The Hall–Kier alpha value is -2.05. The van der Waals surface area contributed by atoms with Gasteiger partial charge < -0.3 is 11.1 Å². The van der Waals surface area contributed by atoms with Crippen LogP contribution < -0.4 is 11.1 Å². The van der Waals surface area contributed by atoms with Crippen LogP contribution in [-0.4, -0.2) is 17.6 Å². The molecule has 0 saturated carbocycles. The first-order chi connectivity index (χ1) is 11.0. The topological polar surface area (TPSA) is 72.2 Å². The summed E-state index contributed by atoms with van der Waals surface area (Å²) in [5.74, 6) is -0.353. The van der Waals surface area contributed by atoms with Crippen molar-refractivity contribution in [1.82, 2.24) is 0 Å². The molecule has 0 aliphatic carbocycles. The second kappa shape index (κ2) is 7.99. The first kappa shape index (κ1) is 17.3. The zero-order chi connectivity index (χ0) is 16.8. The van der Waals surface area contributed by atoms with E-state index in [2.05, 4.69) is 5.32 Å². The van der Waals surface area contributed by atoms with Crippen molar-refractivity contribution in [3.63, 3.8) is 0 Å². The van der Waals surface area contributed by atoms with Gasteiger partial charge in [0.15, 0.2) is 0 Å². The number of nitrogens with two attached hydrogens (primary N) is 1. The first-order valence-corrected chi connectivity index (χ1v) is 8.20. The van der Waals surface area contributed by atoms with Crippen molar-refractivity contribution >= 4 is 40.9 Å². The maximum absolute atomic E-state index is 12.9. The smallest absolute Gasteiger partial charge is 0.248 e. The van der Waals surface area contributed by atoms with Gasteiger partial charge in [-0.1, -0.05) is 17.7 Å². The van der Waals surface area contributed by atoms with Crippen molar-refractivity contribution in [1.29, 1.82) is 0 Å². The largest absolute Gasteiger partial charge is 0.366 e. The zero-order valence-electron chi connectivity index (χ0n) is 12.0. The van der Waals surface area contributed by atoms with Gasteiger partial charge in [0, 0.05) is 22.0 Å². The van der Waals surface area contributed by atoms with Gasteiger partial charge in [-0.25, -0.2) is 4.39 Å². The highest BCUT2D eigenvalue weighted by atomic mass is 35.5. The number of hydrogen-bond donors (Lipinski definition) is 2. The van der Waals surface area contributed by atoms with Gasteiger partial charge in [0.1, 0.15) is 5.82 Å². The molecule has 0 fully saturated rings. The average Bonchev–Trinajstić information content (AvgIpc) is 2.50. The normalized spacial score (nSPS) is 10.3. The van der Waals surface area contributed by atoms with Crippen LogP contribution >= 0.6 is 23.4 Å². The molecule has 2 aromatic rings. The number of anilines is 1. The lowest BCUT2D eigenvalue weighted by atomic mass is 10.2. The third kappa shape index (κ3) is 5.26. The molecule has 7 heteroatoms. The molecule has 2 aromatic carbocycles. The van der Waals surface area contributed by atoms with Gasteiger partial charge in [-0.05, 0) is 42.0 Å². The van der Waals surface area contributed by atoms with Crippen LogP contribution in [0.25, 0.3) is 0 Å². The number of amides is 2. The van der Waals surface area contributed by atoms with Gasteiger partial charge >= 0.3 is 0 Å². The highest BCUT2D eigenvalue weighted by Gasteiger charge is 2.06. The molecule has 0 aliphatic rings. The first-order valence-electron chi connectivity index (χ1n) is 6.67. The molecule has 120 valence electrons. The molecule has 0 bridgehead atoms. The van der Waals surface area contributed by atoms with E-state index in [-0.39, 0.29) is 17.5 Å². The van der Waals surface area contributed by atoms with E-state index in [0.717, 1.165) is 5.56 Å². The molecule has 2 amide bonds. The summed E-state index contributed by atoms with van der Waals surface area (Å²) in [4.78, 5) is 22.8. The van der Waals surface area contributed by atoms with Crippen molar-refractivity contribution in [3.8, 4) is 0 Å². The second-order valence-electron chi connectivity index (χ2n) is 4.72. The molecule has 4 nitrogen and oxygen atoms in total. The van der Waals surface area contributed by atoms with Gasteiger partial charge in [-0.15, -0.1) is 11.8 Å². The molecule has 0 unspecified atom stereocenters. The highest BCUT2D eigenvalue weighted by molar-refractivity contribution is 7.99. The third-order valence-electron chi connectivity index (χ3n) is 2.96.